The average Bonchev–Trinajstić information content (AvgIpc) is 3.30. The number of aliphatic carboxylic acids is 1. The maximum absolute atomic E-state index is 11.0. The van der Waals surface area contributed by atoms with E-state index in [1.165, 1.54) is 51.4 Å². The third-order valence-corrected chi connectivity index (χ3v) is 12.3. The Morgan fingerprint density at radius 1 is 0.935 bits per heavy atom. The zero-order chi connectivity index (χ0) is 21.8. The van der Waals surface area contributed by atoms with Crippen molar-refractivity contribution in [1.29, 1.82) is 0 Å². The fourth-order valence-corrected chi connectivity index (χ4v) is 10.8. The van der Waals surface area contributed by atoms with E-state index in [-0.39, 0.29) is 24.0 Å². The topological polar surface area (TPSA) is 66.8 Å². The Hall–Kier alpha value is -0.610. The van der Waals surface area contributed by atoms with Crippen molar-refractivity contribution in [1.82, 2.24) is 0 Å². The van der Waals surface area contributed by atoms with Gasteiger partial charge < -0.3 is 14.9 Å². The fraction of sp³-hybridized carbons (Fsp3) is 0.963. The number of ether oxygens (including phenoxy) is 1. The van der Waals surface area contributed by atoms with E-state index in [0.717, 1.165) is 24.7 Å². The van der Waals surface area contributed by atoms with Crippen LogP contribution < -0.4 is 0 Å². The van der Waals surface area contributed by atoms with Crippen molar-refractivity contribution in [3.05, 3.63) is 0 Å². The highest BCUT2D eigenvalue weighted by Gasteiger charge is 2.80. The SMILES string of the molecule is CC12CC[C@@]34CC35CC[C@H](O)C(C)(C)C5CCC4C1CC1OC(CCC(=O)O)CCC12. The largest absolute Gasteiger partial charge is 0.481 e. The van der Waals surface area contributed by atoms with Crippen molar-refractivity contribution in [3.63, 3.8) is 0 Å². The summed E-state index contributed by atoms with van der Waals surface area (Å²) in [6.07, 6.45) is 13.9. The quantitative estimate of drug-likeness (QED) is 0.627. The number of rotatable bonds is 3. The first kappa shape index (κ1) is 21.0. The first-order valence-electron chi connectivity index (χ1n) is 13.2. The van der Waals surface area contributed by atoms with Crippen LogP contribution in [0.3, 0.4) is 0 Å². The lowest BCUT2D eigenvalue weighted by Gasteiger charge is -2.59. The van der Waals surface area contributed by atoms with Gasteiger partial charge in [0.1, 0.15) is 0 Å². The Labute approximate surface area is 187 Å². The van der Waals surface area contributed by atoms with E-state index in [1.54, 1.807) is 0 Å². The lowest BCUT2D eigenvalue weighted by Crippen LogP contribution is -2.54. The minimum Gasteiger partial charge on any atom is -0.481 e. The van der Waals surface area contributed by atoms with Gasteiger partial charge >= 0.3 is 5.97 Å². The molecule has 5 aliphatic carbocycles. The van der Waals surface area contributed by atoms with E-state index in [9.17, 15) is 9.90 Å². The zero-order valence-electron chi connectivity index (χ0n) is 19.7. The molecule has 0 aromatic rings. The van der Waals surface area contributed by atoms with Gasteiger partial charge in [-0.2, -0.15) is 0 Å². The molecule has 31 heavy (non-hydrogen) atoms. The summed E-state index contributed by atoms with van der Waals surface area (Å²) in [5.74, 6) is 2.30. The van der Waals surface area contributed by atoms with Crippen LogP contribution in [0.4, 0.5) is 0 Å². The van der Waals surface area contributed by atoms with Crippen LogP contribution in [0, 0.1) is 45.3 Å². The van der Waals surface area contributed by atoms with E-state index < -0.39 is 5.97 Å². The van der Waals surface area contributed by atoms with Gasteiger partial charge in [0.05, 0.1) is 18.3 Å². The predicted molar refractivity (Wildman–Crippen MR) is 118 cm³/mol. The molecular formula is C27H42O4. The Bertz CT molecular complexity index is 777. The molecule has 2 N–H and O–H groups in total. The minimum absolute atomic E-state index is 0.0671. The molecule has 6 aliphatic rings. The van der Waals surface area contributed by atoms with Gasteiger partial charge in [-0.15, -0.1) is 0 Å². The van der Waals surface area contributed by atoms with Crippen LogP contribution in [0.1, 0.15) is 97.8 Å². The van der Waals surface area contributed by atoms with Gasteiger partial charge in [-0.25, -0.2) is 0 Å². The highest BCUT2D eigenvalue weighted by atomic mass is 16.5. The molecule has 6 rings (SSSR count). The monoisotopic (exact) mass is 430 g/mol. The molecule has 2 spiro atoms. The summed E-state index contributed by atoms with van der Waals surface area (Å²) in [7, 11) is 0. The lowest BCUT2D eigenvalue weighted by atomic mass is 9.46. The zero-order valence-corrected chi connectivity index (χ0v) is 19.7. The number of aliphatic hydroxyl groups is 1. The summed E-state index contributed by atoms with van der Waals surface area (Å²) in [5.41, 5.74) is 1.54. The van der Waals surface area contributed by atoms with Crippen molar-refractivity contribution >= 4 is 5.97 Å². The summed E-state index contributed by atoms with van der Waals surface area (Å²) >= 11 is 0. The highest BCUT2D eigenvalue weighted by molar-refractivity contribution is 5.66. The van der Waals surface area contributed by atoms with E-state index in [2.05, 4.69) is 20.8 Å². The Morgan fingerprint density at radius 2 is 1.71 bits per heavy atom. The number of hydrogen-bond donors (Lipinski definition) is 2. The molecule has 1 saturated heterocycles. The van der Waals surface area contributed by atoms with Gasteiger partial charge in [0.25, 0.3) is 0 Å². The number of hydrogen-bond acceptors (Lipinski definition) is 3. The molecule has 6 fully saturated rings. The molecule has 174 valence electrons. The molecule has 0 radical (unpaired) electrons. The van der Waals surface area contributed by atoms with Crippen LogP contribution in [0.15, 0.2) is 0 Å². The standard InChI is InChI=1S/C27H42O4/c1-24(2)21-8-7-17-19-14-20-18(6-4-16(31-20)5-9-23(29)30)25(19,3)12-13-26(17)15-27(21,26)11-10-22(24)28/h16-22,28H,4-15H2,1-3H3,(H,29,30)/t16?,17?,18?,19?,20?,21?,22-,25?,26-,27?/m0/s1. The average molecular weight is 431 g/mol. The van der Waals surface area contributed by atoms with Crippen LogP contribution in [-0.2, 0) is 9.53 Å². The Kier molecular flexibility index (Phi) is 4.39. The summed E-state index contributed by atoms with van der Waals surface area (Å²) in [6.45, 7) is 7.28. The molecule has 10 atom stereocenters. The maximum atomic E-state index is 11.0. The summed E-state index contributed by atoms with van der Waals surface area (Å²) < 4.78 is 6.60. The molecule has 1 heterocycles. The van der Waals surface area contributed by atoms with E-state index in [4.69, 9.17) is 9.84 Å². The summed E-state index contributed by atoms with van der Waals surface area (Å²) in [6, 6.07) is 0. The number of aliphatic hydroxyl groups excluding tert-OH is 1. The van der Waals surface area contributed by atoms with Crippen LogP contribution >= 0.6 is 0 Å². The van der Waals surface area contributed by atoms with Crippen LogP contribution in [-0.4, -0.2) is 34.5 Å². The molecule has 4 heteroatoms. The number of carboxylic acids is 1. The van der Waals surface area contributed by atoms with Crippen molar-refractivity contribution in [3.8, 4) is 0 Å². The van der Waals surface area contributed by atoms with Gasteiger partial charge in [-0.3, -0.25) is 4.79 Å². The molecule has 0 bridgehead atoms. The molecule has 0 aromatic heterocycles. The normalized spacial score (nSPS) is 56.5. The second-order valence-corrected chi connectivity index (χ2v) is 13.4. The number of carbonyl (C=O) groups is 1. The molecular weight excluding hydrogens is 388 g/mol. The first-order chi connectivity index (χ1) is 14.6. The minimum atomic E-state index is -0.698. The molecule has 4 nitrogen and oxygen atoms in total. The molecule has 5 saturated carbocycles. The molecule has 0 aromatic carbocycles. The molecule has 0 amide bonds. The molecule has 8 unspecified atom stereocenters. The highest BCUT2D eigenvalue weighted by Crippen LogP contribution is 2.87. The van der Waals surface area contributed by atoms with Crippen LogP contribution in [0.25, 0.3) is 0 Å². The first-order valence-corrected chi connectivity index (χ1v) is 13.2. The van der Waals surface area contributed by atoms with Crippen LogP contribution in [0.2, 0.25) is 0 Å². The summed E-state index contributed by atoms with van der Waals surface area (Å²) in [4.78, 5) is 11.0. The lowest BCUT2D eigenvalue weighted by molar-refractivity contribution is -0.140. The third-order valence-electron chi connectivity index (χ3n) is 12.3. The van der Waals surface area contributed by atoms with Crippen molar-refractivity contribution in [2.75, 3.05) is 0 Å². The second kappa shape index (κ2) is 6.50. The Balaban J connectivity index is 1.24. The van der Waals surface area contributed by atoms with Crippen molar-refractivity contribution < 1.29 is 19.7 Å². The van der Waals surface area contributed by atoms with Crippen LogP contribution in [0.5, 0.6) is 0 Å². The van der Waals surface area contributed by atoms with Crippen molar-refractivity contribution in [2.24, 2.45) is 45.3 Å². The van der Waals surface area contributed by atoms with Gasteiger partial charge in [0, 0.05) is 6.42 Å². The third kappa shape index (κ3) is 2.58. The fourth-order valence-electron chi connectivity index (χ4n) is 10.8. The van der Waals surface area contributed by atoms with E-state index in [0.29, 0.717) is 40.6 Å². The van der Waals surface area contributed by atoms with Gasteiger partial charge in [0.15, 0.2) is 0 Å². The molecule has 1 aliphatic heterocycles. The van der Waals surface area contributed by atoms with Gasteiger partial charge in [-0.1, -0.05) is 20.8 Å². The second-order valence-electron chi connectivity index (χ2n) is 13.4. The predicted octanol–water partition coefficient (Wildman–Crippen LogP) is 5.42. The number of carboxylic acid groups (broad SMARTS) is 1. The van der Waals surface area contributed by atoms with Gasteiger partial charge in [0.2, 0.25) is 0 Å². The maximum Gasteiger partial charge on any atom is 0.303 e. The smallest absolute Gasteiger partial charge is 0.303 e. The van der Waals surface area contributed by atoms with Crippen molar-refractivity contribution in [2.45, 2.75) is 116 Å². The van der Waals surface area contributed by atoms with E-state index >= 15 is 0 Å². The summed E-state index contributed by atoms with van der Waals surface area (Å²) in [5, 5.41) is 19.9. The van der Waals surface area contributed by atoms with E-state index in [1.807, 2.05) is 0 Å². The Morgan fingerprint density at radius 3 is 2.48 bits per heavy atom. The van der Waals surface area contributed by atoms with Gasteiger partial charge in [-0.05, 0) is 116 Å². The number of fused-ring (bicyclic) bond motifs is 4.